The number of nitrogens with zero attached hydrogens (tertiary/aromatic N) is 2. The van der Waals surface area contributed by atoms with Gasteiger partial charge in [0.15, 0.2) is 0 Å². The molecule has 0 aliphatic rings. The highest BCUT2D eigenvalue weighted by Crippen LogP contribution is 2.12. The molecule has 1 rings (SSSR count). The van der Waals surface area contributed by atoms with Crippen molar-refractivity contribution in [1.29, 1.82) is 0 Å². The first-order valence-corrected chi connectivity index (χ1v) is 6.42. The van der Waals surface area contributed by atoms with Crippen LogP contribution in [-0.2, 0) is 18.4 Å². The van der Waals surface area contributed by atoms with Crippen LogP contribution in [0.2, 0.25) is 0 Å². The summed E-state index contributed by atoms with van der Waals surface area (Å²) in [7, 11) is 2.88. The van der Waals surface area contributed by atoms with E-state index in [4.69, 9.17) is 5.73 Å². The second-order valence-electron chi connectivity index (χ2n) is 4.54. The largest absolute Gasteiger partial charge is 0.383 e. The van der Waals surface area contributed by atoms with Gasteiger partial charge in [0.2, 0.25) is 5.91 Å². The highest BCUT2D eigenvalue weighted by Gasteiger charge is 2.19. The van der Waals surface area contributed by atoms with E-state index in [9.17, 15) is 14.4 Å². The first-order valence-electron chi connectivity index (χ1n) is 6.42. The zero-order valence-corrected chi connectivity index (χ0v) is 12.2. The Bertz CT molecular complexity index is 617. The summed E-state index contributed by atoms with van der Waals surface area (Å²) in [4.78, 5) is 35.6. The molecule has 0 aromatic carbocycles. The molecule has 1 heterocycles. The van der Waals surface area contributed by atoms with Crippen molar-refractivity contribution >= 4 is 17.4 Å². The SMILES string of the molecule is CCCn1c(N)c(NC(C)C(=O)NC)c(=O)n(C)c1=O. The van der Waals surface area contributed by atoms with Crippen LogP contribution in [0.15, 0.2) is 9.59 Å². The van der Waals surface area contributed by atoms with E-state index >= 15 is 0 Å². The Hall–Kier alpha value is -2.25. The van der Waals surface area contributed by atoms with Crippen LogP contribution in [0.3, 0.4) is 0 Å². The van der Waals surface area contributed by atoms with Gasteiger partial charge in [-0.25, -0.2) is 4.79 Å². The number of hydrogen-bond donors (Lipinski definition) is 3. The normalized spacial score (nSPS) is 12.0. The second kappa shape index (κ2) is 6.27. The predicted octanol–water partition coefficient (Wildman–Crippen LogP) is -0.914. The first kappa shape index (κ1) is 15.8. The van der Waals surface area contributed by atoms with Gasteiger partial charge in [0.05, 0.1) is 0 Å². The van der Waals surface area contributed by atoms with Crippen LogP contribution in [0, 0.1) is 0 Å². The van der Waals surface area contributed by atoms with Crippen molar-refractivity contribution in [2.45, 2.75) is 32.9 Å². The van der Waals surface area contributed by atoms with Crippen LogP contribution in [0.4, 0.5) is 11.5 Å². The summed E-state index contributed by atoms with van der Waals surface area (Å²) in [5.41, 5.74) is 4.94. The van der Waals surface area contributed by atoms with Crippen LogP contribution in [0.1, 0.15) is 20.3 Å². The summed E-state index contributed by atoms with van der Waals surface area (Å²) < 4.78 is 2.30. The number of hydrogen-bond acceptors (Lipinski definition) is 5. The molecule has 1 aromatic rings. The molecule has 1 amide bonds. The minimum atomic E-state index is -0.637. The lowest BCUT2D eigenvalue weighted by atomic mass is 10.3. The summed E-state index contributed by atoms with van der Waals surface area (Å²) >= 11 is 0. The Morgan fingerprint density at radius 1 is 1.40 bits per heavy atom. The fourth-order valence-corrected chi connectivity index (χ4v) is 1.86. The molecular formula is C12H21N5O3. The maximum Gasteiger partial charge on any atom is 0.332 e. The van der Waals surface area contributed by atoms with Gasteiger partial charge in [-0.2, -0.15) is 0 Å². The van der Waals surface area contributed by atoms with Crippen molar-refractivity contribution < 1.29 is 4.79 Å². The molecule has 0 spiro atoms. The number of anilines is 2. The topological polar surface area (TPSA) is 111 Å². The van der Waals surface area contributed by atoms with E-state index in [-0.39, 0.29) is 17.4 Å². The molecule has 0 bridgehead atoms. The fraction of sp³-hybridized carbons (Fsp3) is 0.583. The van der Waals surface area contributed by atoms with E-state index in [1.54, 1.807) is 6.92 Å². The van der Waals surface area contributed by atoms with Gasteiger partial charge in [0.1, 0.15) is 17.5 Å². The van der Waals surface area contributed by atoms with Crippen LogP contribution in [0.25, 0.3) is 0 Å². The van der Waals surface area contributed by atoms with Gasteiger partial charge in [0, 0.05) is 20.6 Å². The predicted molar refractivity (Wildman–Crippen MR) is 77.8 cm³/mol. The molecule has 0 aliphatic heterocycles. The average molecular weight is 283 g/mol. The standard InChI is InChI=1S/C12H21N5O3/c1-5-6-17-9(13)8(11(19)16(4)12(17)20)15-7(2)10(18)14-3/h7,15H,5-6,13H2,1-4H3,(H,14,18). The average Bonchev–Trinajstić information content (AvgIpc) is 2.44. The molecule has 0 fully saturated rings. The Kier molecular flexibility index (Phi) is 4.95. The highest BCUT2D eigenvalue weighted by atomic mass is 16.2. The zero-order valence-electron chi connectivity index (χ0n) is 12.2. The second-order valence-corrected chi connectivity index (χ2v) is 4.54. The maximum atomic E-state index is 12.1. The molecule has 0 saturated carbocycles. The van der Waals surface area contributed by atoms with Crippen molar-refractivity contribution in [2.24, 2.45) is 7.05 Å². The summed E-state index contributed by atoms with van der Waals surface area (Å²) in [6, 6.07) is -0.637. The smallest absolute Gasteiger partial charge is 0.332 e. The molecule has 0 saturated heterocycles. The molecule has 1 aromatic heterocycles. The number of rotatable bonds is 5. The molecule has 8 heteroatoms. The molecular weight excluding hydrogens is 262 g/mol. The minimum absolute atomic E-state index is 0.0516. The first-order chi connectivity index (χ1) is 9.34. The number of likely N-dealkylation sites (N-methyl/N-ethyl adjacent to an activating group) is 1. The van der Waals surface area contributed by atoms with Gasteiger partial charge in [-0.15, -0.1) is 0 Å². The Labute approximate surface area is 116 Å². The van der Waals surface area contributed by atoms with Crippen molar-refractivity contribution in [1.82, 2.24) is 14.5 Å². The summed E-state index contributed by atoms with van der Waals surface area (Å²) in [5.74, 6) is -0.226. The van der Waals surface area contributed by atoms with Crippen molar-refractivity contribution in [2.75, 3.05) is 18.1 Å². The van der Waals surface area contributed by atoms with Crippen LogP contribution >= 0.6 is 0 Å². The van der Waals surface area contributed by atoms with Gasteiger partial charge in [-0.3, -0.25) is 18.7 Å². The summed E-state index contributed by atoms with van der Waals surface area (Å²) in [5, 5.41) is 5.24. The van der Waals surface area contributed by atoms with Crippen LogP contribution < -0.4 is 27.6 Å². The Morgan fingerprint density at radius 2 is 2.00 bits per heavy atom. The minimum Gasteiger partial charge on any atom is -0.383 e. The number of nitrogens with two attached hydrogens (primary N) is 1. The van der Waals surface area contributed by atoms with Gasteiger partial charge in [-0.05, 0) is 13.3 Å². The summed E-state index contributed by atoms with van der Waals surface area (Å²) in [6.45, 7) is 3.91. The number of carbonyl (C=O) groups is 1. The van der Waals surface area contributed by atoms with Crippen molar-refractivity contribution in [3.8, 4) is 0 Å². The van der Waals surface area contributed by atoms with E-state index in [1.165, 1.54) is 18.7 Å². The van der Waals surface area contributed by atoms with Gasteiger partial charge in [-0.1, -0.05) is 6.92 Å². The molecule has 1 unspecified atom stereocenters. The van der Waals surface area contributed by atoms with Gasteiger partial charge in [0.25, 0.3) is 5.56 Å². The van der Waals surface area contributed by atoms with E-state index in [0.717, 1.165) is 4.57 Å². The van der Waals surface area contributed by atoms with E-state index in [2.05, 4.69) is 10.6 Å². The molecule has 20 heavy (non-hydrogen) atoms. The van der Waals surface area contributed by atoms with E-state index in [0.29, 0.717) is 13.0 Å². The maximum absolute atomic E-state index is 12.1. The van der Waals surface area contributed by atoms with Crippen LogP contribution in [-0.4, -0.2) is 28.1 Å². The Balaban J connectivity index is 3.36. The molecule has 0 radical (unpaired) electrons. The number of nitrogens with one attached hydrogen (secondary N) is 2. The number of nitrogen functional groups attached to an aromatic ring is 1. The molecule has 8 nitrogen and oxygen atoms in total. The third-order valence-electron chi connectivity index (χ3n) is 3.03. The quantitative estimate of drug-likeness (QED) is 0.647. The molecule has 4 N–H and O–H groups in total. The third-order valence-corrected chi connectivity index (χ3v) is 3.03. The number of aromatic nitrogens is 2. The van der Waals surface area contributed by atoms with Crippen molar-refractivity contribution in [3.63, 3.8) is 0 Å². The van der Waals surface area contributed by atoms with Gasteiger partial charge >= 0.3 is 5.69 Å². The molecule has 112 valence electrons. The number of carbonyl (C=O) groups excluding carboxylic acids is 1. The highest BCUT2D eigenvalue weighted by molar-refractivity contribution is 5.84. The number of amides is 1. The summed E-state index contributed by atoms with van der Waals surface area (Å²) in [6.07, 6.45) is 0.701. The lowest BCUT2D eigenvalue weighted by Crippen LogP contribution is -2.43. The van der Waals surface area contributed by atoms with Crippen LogP contribution in [0.5, 0.6) is 0 Å². The Morgan fingerprint density at radius 3 is 2.50 bits per heavy atom. The monoisotopic (exact) mass is 283 g/mol. The fourth-order valence-electron chi connectivity index (χ4n) is 1.86. The van der Waals surface area contributed by atoms with E-state index in [1.807, 2.05) is 6.92 Å². The zero-order chi connectivity index (χ0) is 15.4. The lowest BCUT2D eigenvalue weighted by molar-refractivity contribution is -0.121. The molecule has 0 aliphatic carbocycles. The lowest BCUT2D eigenvalue weighted by Gasteiger charge is -2.18. The molecule has 1 atom stereocenters. The van der Waals surface area contributed by atoms with Gasteiger partial charge < -0.3 is 16.4 Å². The van der Waals surface area contributed by atoms with Crippen molar-refractivity contribution in [3.05, 3.63) is 20.8 Å². The van der Waals surface area contributed by atoms with E-state index < -0.39 is 17.3 Å². The third kappa shape index (κ3) is 2.84.